The lowest BCUT2D eigenvalue weighted by atomic mass is 9.96. The van der Waals surface area contributed by atoms with E-state index in [4.69, 9.17) is 26.3 Å². The van der Waals surface area contributed by atoms with Crippen LogP contribution in [0.4, 0.5) is 10.6 Å². The van der Waals surface area contributed by atoms with Crippen molar-refractivity contribution < 1.29 is 9.53 Å². The van der Waals surface area contributed by atoms with E-state index in [2.05, 4.69) is 29.8 Å². The van der Waals surface area contributed by atoms with E-state index in [1.807, 2.05) is 53.7 Å². The summed E-state index contributed by atoms with van der Waals surface area (Å²) in [4.78, 5) is 45.5. The van der Waals surface area contributed by atoms with Gasteiger partial charge < -0.3 is 14.5 Å². The number of fused-ring (bicyclic) bond motifs is 1. The van der Waals surface area contributed by atoms with Crippen molar-refractivity contribution in [3.05, 3.63) is 56.9 Å². The molecule has 9 nitrogen and oxygen atoms in total. The molecule has 3 aromatic rings. The van der Waals surface area contributed by atoms with Gasteiger partial charge in [0.15, 0.2) is 5.65 Å². The number of halogens is 1. The van der Waals surface area contributed by atoms with Crippen LogP contribution in [0.25, 0.3) is 22.3 Å². The molecular weight excluding hydrogens is 564 g/mol. The Kier molecular flexibility index (Phi) is 8.58. The molecule has 2 atom stereocenters. The number of ether oxygens (including phenoxy) is 1. The highest BCUT2D eigenvalue weighted by atomic mass is 35.5. The minimum Gasteiger partial charge on any atom is -0.444 e. The standard InChI is InChI=1S/C33H43ClN6O3/c1-19(2)26-28(20(3)14-15-35-26)40-30-24(16-25(34)27(36-30)23-12-10-9-11-13-23)29(37-31(40)41)38-17-22(5)39(18-21(38)4)32(42)43-33(6,7)8/h12,14-16,19,21-22H,9-11,13,17-18H2,1-8H3/t21-,22+/m0/s1. The molecule has 1 aliphatic heterocycles. The van der Waals surface area contributed by atoms with Crippen molar-refractivity contribution in [3.8, 4) is 5.69 Å². The second-order valence-electron chi connectivity index (χ2n) is 13.2. The van der Waals surface area contributed by atoms with Crippen molar-refractivity contribution in [2.45, 2.75) is 105 Å². The smallest absolute Gasteiger partial charge is 0.410 e. The Bertz CT molecular complexity index is 1640. The van der Waals surface area contributed by atoms with Crippen molar-refractivity contribution >= 4 is 40.1 Å². The van der Waals surface area contributed by atoms with E-state index in [0.29, 0.717) is 46.3 Å². The largest absolute Gasteiger partial charge is 0.444 e. The van der Waals surface area contributed by atoms with Crippen molar-refractivity contribution in [1.82, 2.24) is 24.4 Å². The van der Waals surface area contributed by atoms with Gasteiger partial charge in [0.25, 0.3) is 0 Å². The zero-order valence-electron chi connectivity index (χ0n) is 26.6. The first-order valence-electron chi connectivity index (χ1n) is 15.3. The van der Waals surface area contributed by atoms with E-state index in [-0.39, 0.29) is 24.1 Å². The van der Waals surface area contributed by atoms with E-state index in [1.54, 1.807) is 15.7 Å². The average Bonchev–Trinajstić information content (AvgIpc) is 2.93. The number of nitrogens with zero attached hydrogens (tertiary/aromatic N) is 6. The number of aromatic nitrogens is 4. The third-order valence-electron chi connectivity index (χ3n) is 8.21. The molecule has 43 heavy (non-hydrogen) atoms. The number of pyridine rings is 2. The Labute approximate surface area is 258 Å². The molecule has 230 valence electrons. The summed E-state index contributed by atoms with van der Waals surface area (Å²) in [6.07, 6.45) is 7.74. The summed E-state index contributed by atoms with van der Waals surface area (Å²) in [6.45, 7) is 16.6. The summed E-state index contributed by atoms with van der Waals surface area (Å²) < 4.78 is 7.30. The van der Waals surface area contributed by atoms with Gasteiger partial charge in [-0.3, -0.25) is 4.98 Å². The van der Waals surface area contributed by atoms with Gasteiger partial charge in [0, 0.05) is 31.4 Å². The van der Waals surface area contributed by atoms with Crippen LogP contribution < -0.4 is 10.6 Å². The maximum absolute atomic E-state index is 14.1. The molecule has 0 unspecified atom stereocenters. The van der Waals surface area contributed by atoms with Gasteiger partial charge in [-0.15, -0.1) is 0 Å². The van der Waals surface area contributed by atoms with E-state index in [9.17, 15) is 9.59 Å². The molecule has 0 spiro atoms. The maximum atomic E-state index is 14.1. The number of hydrogen-bond acceptors (Lipinski definition) is 7. The van der Waals surface area contributed by atoms with Crippen LogP contribution in [0.3, 0.4) is 0 Å². The molecule has 0 radical (unpaired) electrons. The predicted octanol–water partition coefficient (Wildman–Crippen LogP) is 7.05. The van der Waals surface area contributed by atoms with Gasteiger partial charge in [-0.2, -0.15) is 4.98 Å². The van der Waals surface area contributed by atoms with Gasteiger partial charge in [0.2, 0.25) is 0 Å². The van der Waals surface area contributed by atoms with Crippen LogP contribution in [0.5, 0.6) is 0 Å². The fourth-order valence-corrected chi connectivity index (χ4v) is 6.36. The molecule has 2 aliphatic rings. The Morgan fingerprint density at radius 1 is 1.12 bits per heavy atom. The number of piperazine rings is 1. The molecule has 1 aliphatic carbocycles. The quantitative estimate of drug-likeness (QED) is 0.314. The number of allylic oxidation sites excluding steroid dienone is 2. The van der Waals surface area contributed by atoms with Crippen molar-refractivity contribution in [3.63, 3.8) is 0 Å². The number of aryl methyl sites for hydroxylation is 1. The van der Waals surface area contributed by atoms with Crippen LogP contribution in [0, 0.1) is 6.92 Å². The van der Waals surface area contributed by atoms with Crippen LogP contribution in [0.2, 0.25) is 5.02 Å². The lowest BCUT2D eigenvalue weighted by molar-refractivity contribution is 0.0130. The fraction of sp³-hybridized carbons (Fsp3) is 0.545. The number of carbonyl (C=O) groups excluding carboxylic acids is 1. The van der Waals surface area contributed by atoms with Crippen LogP contribution in [0.15, 0.2) is 29.2 Å². The first-order valence-corrected chi connectivity index (χ1v) is 15.7. The Morgan fingerprint density at radius 3 is 2.51 bits per heavy atom. The normalized spacial score (nSPS) is 19.6. The van der Waals surface area contributed by atoms with Crippen molar-refractivity contribution in [1.29, 1.82) is 0 Å². The molecule has 1 fully saturated rings. The summed E-state index contributed by atoms with van der Waals surface area (Å²) in [5, 5.41) is 1.22. The molecule has 0 aromatic carbocycles. The lowest BCUT2D eigenvalue weighted by Crippen LogP contribution is -2.59. The monoisotopic (exact) mass is 606 g/mol. The second-order valence-corrected chi connectivity index (χ2v) is 13.6. The summed E-state index contributed by atoms with van der Waals surface area (Å²) in [6, 6.07) is 3.51. The zero-order chi connectivity index (χ0) is 31.2. The lowest BCUT2D eigenvalue weighted by Gasteiger charge is -2.44. The third kappa shape index (κ3) is 6.14. The SMILES string of the molecule is Cc1ccnc(C(C)C)c1-n1c(=O)nc(N2C[C@@H](C)N(C(=O)OC(C)(C)C)C[C@@H]2C)c2cc(Cl)c(C3=CCCCC3)nc21. The Hall–Kier alpha value is -3.46. The number of amides is 1. The average molecular weight is 607 g/mol. The summed E-state index contributed by atoms with van der Waals surface area (Å²) in [5.41, 5.74) is 3.74. The number of rotatable bonds is 4. The number of anilines is 1. The van der Waals surface area contributed by atoms with Gasteiger partial charge in [-0.1, -0.05) is 31.5 Å². The highest BCUT2D eigenvalue weighted by Crippen LogP contribution is 2.37. The summed E-state index contributed by atoms with van der Waals surface area (Å²) >= 11 is 6.97. The molecule has 1 saturated heterocycles. The molecule has 5 rings (SSSR count). The van der Waals surface area contributed by atoms with E-state index >= 15 is 0 Å². The van der Waals surface area contributed by atoms with Crippen molar-refractivity contribution in [2.24, 2.45) is 0 Å². The van der Waals surface area contributed by atoms with Gasteiger partial charge in [0.1, 0.15) is 11.4 Å². The fourth-order valence-electron chi connectivity index (χ4n) is 6.09. The van der Waals surface area contributed by atoms with Crippen LogP contribution in [-0.4, -0.2) is 61.3 Å². The third-order valence-corrected chi connectivity index (χ3v) is 8.50. The molecule has 10 heteroatoms. The van der Waals surface area contributed by atoms with Gasteiger partial charge in [-0.05, 0) is 96.4 Å². The van der Waals surface area contributed by atoms with Crippen LogP contribution >= 0.6 is 11.6 Å². The van der Waals surface area contributed by atoms with Crippen LogP contribution in [0.1, 0.15) is 97.0 Å². The molecule has 0 N–H and O–H groups in total. The first-order chi connectivity index (χ1) is 20.3. The maximum Gasteiger partial charge on any atom is 0.410 e. The molecule has 4 heterocycles. The van der Waals surface area contributed by atoms with Gasteiger partial charge >= 0.3 is 11.8 Å². The topological polar surface area (TPSA) is 93.5 Å². The Balaban J connectivity index is 1.70. The molecule has 1 amide bonds. The van der Waals surface area contributed by atoms with Crippen molar-refractivity contribution in [2.75, 3.05) is 18.0 Å². The number of hydrogen-bond donors (Lipinski definition) is 0. The second kappa shape index (κ2) is 11.9. The minimum atomic E-state index is -0.591. The van der Waals surface area contributed by atoms with Crippen LogP contribution in [-0.2, 0) is 4.74 Å². The van der Waals surface area contributed by atoms with E-state index in [1.165, 1.54) is 0 Å². The predicted molar refractivity (Wildman–Crippen MR) is 172 cm³/mol. The van der Waals surface area contributed by atoms with Gasteiger partial charge in [0.05, 0.1) is 27.5 Å². The summed E-state index contributed by atoms with van der Waals surface area (Å²) in [5.74, 6) is 0.594. The van der Waals surface area contributed by atoms with Gasteiger partial charge in [-0.25, -0.2) is 19.1 Å². The highest BCUT2D eigenvalue weighted by molar-refractivity contribution is 6.33. The summed E-state index contributed by atoms with van der Waals surface area (Å²) in [7, 11) is 0. The molecular formula is C33H43ClN6O3. The molecule has 3 aromatic heterocycles. The van der Waals surface area contributed by atoms with E-state index < -0.39 is 11.3 Å². The molecule has 0 bridgehead atoms. The van der Waals surface area contributed by atoms with E-state index in [0.717, 1.165) is 42.5 Å². The first kappa shape index (κ1) is 31.0. The number of carbonyl (C=O) groups is 1. The Morgan fingerprint density at radius 2 is 1.86 bits per heavy atom. The highest BCUT2D eigenvalue weighted by Gasteiger charge is 2.36. The minimum absolute atomic E-state index is 0.0751. The molecule has 0 saturated carbocycles. The zero-order valence-corrected chi connectivity index (χ0v) is 27.3.